The van der Waals surface area contributed by atoms with E-state index in [1.165, 1.54) is 12.4 Å². The third kappa shape index (κ3) is 3.19. The van der Waals surface area contributed by atoms with Crippen molar-refractivity contribution in [1.29, 1.82) is 0 Å². The van der Waals surface area contributed by atoms with Crippen LogP contribution in [0.5, 0.6) is 0 Å². The maximum Gasteiger partial charge on any atom is 0.294 e. The standard InChI is InChI=1S/C12H15N7O2/c1-4-17(2)10-6-5-9(7-11(10)19(20)21)14-16-12-15-13-8-18(12)3/h5-8H,4H2,1-3H3. The molecule has 0 fully saturated rings. The third-order valence-electron chi connectivity index (χ3n) is 2.98. The van der Waals surface area contributed by atoms with Crippen LogP contribution in [0, 0.1) is 10.1 Å². The van der Waals surface area contributed by atoms with Gasteiger partial charge in [-0.1, -0.05) is 0 Å². The van der Waals surface area contributed by atoms with Crippen LogP contribution in [0.25, 0.3) is 0 Å². The molecule has 110 valence electrons. The molecule has 2 aromatic rings. The molecular formula is C12H15N7O2. The van der Waals surface area contributed by atoms with Gasteiger partial charge < -0.3 is 9.47 Å². The Labute approximate surface area is 121 Å². The number of nitro groups is 1. The summed E-state index contributed by atoms with van der Waals surface area (Å²) in [6, 6.07) is 4.72. The van der Waals surface area contributed by atoms with Crippen LogP contribution < -0.4 is 4.90 Å². The number of aryl methyl sites for hydroxylation is 1. The second-order valence-electron chi connectivity index (χ2n) is 4.39. The van der Waals surface area contributed by atoms with Gasteiger partial charge in [0, 0.05) is 26.7 Å². The van der Waals surface area contributed by atoms with Gasteiger partial charge in [0.1, 0.15) is 12.0 Å². The smallest absolute Gasteiger partial charge is 0.294 e. The minimum Gasteiger partial charge on any atom is -0.369 e. The molecule has 1 heterocycles. The SMILES string of the molecule is CCN(C)c1ccc(N=Nc2nncn2C)cc1[N+](=O)[O-]. The number of aromatic nitrogens is 3. The van der Waals surface area contributed by atoms with Crippen LogP contribution >= 0.6 is 0 Å². The summed E-state index contributed by atoms with van der Waals surface area (Å²) in [6.45, 7) is 2.59. The number of hydrogen-bond acceptors (Lipinski definition) is 7. The van der Waals surface area contributed by atoms with Gasteiger partial charge in [-0.05, 0) is 19.1 Å². The summed E-state index contributed by atoms with van der Waals surface area (Å²) in [6.07, 6.45) is 1.50. The summed E-state index contributed by atoms with van der Waals surface area (Å²) in [5, 5.41) is 26.5. The van der Waals surface area contributed by atoms with Crippen molar-refractivity contribution in [2.75, 3.05) is 18.5 Å². The highest BCUT2D eigenvalue weighted by atomic mass is 16.6. The molecule has 9 heteroatoms. The summed E-state index contributed by atoms with van der Waals surface area (Å²) < 4.78 is 1.59. The van der Waals surface area contributed by atoms with Crippen molar-refractivity contribution >= 4 is 23.0 Å². The van der Waals surface area contributed by atoms with Gasteiger partial charge in [0.25, 0.3) is 11.6 Å². The zero-order valence-electron chi connectivity index (χ0n) is 12.0. The lowest BCUT2D eigenvalue weighted by Crippen LogP contribution is -2.16. The Morgan fingerprint density at radius 3 is 2.76 bits per heavy atom. The second kappa shape index (κ2) is 6.07. The average molecular weight is 289 g/mol. The molecule has 1 aromatic carbocycles. The van der Waals surface area contributed by atoms with E-state index in [2.05, 4.69) is 20.4 Å². The van der Waals surface area contributed by atoms with Crippen molar-refractivity contribution in [1.82, 2.24) is 14.8 Å². The summed E-state index contributed by atoms with van der Waals surface area (Å²) in [5.41, 5.74) is 0.923. The Bertz CT molecular complexity index is 680. The van der Waals surface area contributed by atoms with E-state index in [-0.39, 0.29) is 5.69 Å². The monoisotopic (exact) mass is 289 g/mol. The third-order valence-corrected chi connectivity index (χ3v) is 2.98. The normalized spacial score (nSPS) is 11.0. The molecule has 0 N–H and O–H groups in total. The lowest BCUT2D eigenvalue weighted by Gasteiger charge is -2.16. The van der Waals surface area contributed by atoms with Crippen LogP contribution in [0.2, 0.25) is 0 Å². The highest BCUT2D eigenvalue weighted by Crippen LogP contribution is 2.32. The van der Waals surface area contributed by atoms with Gasteiger partial charge in [-0.2, -0.15) is 0 Å². The van der Waals surface area contributed by atoms with Crippen LogP contribution in [-0.4, -0.2) is 33.3 Å². The Hall–Kier alpha value is -2.84. The van der Waals surface area contributed by atoms with E-state index in [1.54, 1.807) is 35.7 Å². The van der Waals surface area contributed by atoms with Gasteiger partial charge in [-0.3, -0.25) is 10.1 Å². The van der Waals surface area contributed by atoms with Crippen LogP contribution in [-0.2, 0) is 7.05 Å². The molecule has 0 amide bonds. The molecule has 0 radical (unpaired) electrons. The number of benzene rings is 1. The molecule has 0 saturated carbocycles. The first-order valence-electron chi connectivity index (χ1n) is 6.28. The largest absolute Gasteiger partial charge is 0.369 e. The summed E-state index contributed by atoms with van der Waals surface area (Å²) in [4.78, 5) is 12.5. The van der Waals surface area contributed by atoms with Gasteiger partial charge in [-0.25, -0.2) is 0 Å². The molecule has 0 aliphatic rings. The Balaban J connectivity index is 2.34. The maximum absolute atomic E-state index is 11.2. The highest BCUT2D eigenvalue weighted by Gasteiger charge is 2.17. The molecule has 0 spiro atoms. The predicted octanol–water partition coefficient (Wildman–Crippen LogP) is 2.59. The molecule has 0 aliphatic heterocycles. The van der Waals surface area contributed by atoms with Crippen molar-refractivity contribution in [3.05, 3.63) is 34.6 Å². The highest BCUT2D eigenvalue weighted by molar-refractivity contribution is 5.67. The van der Waals surface area contributed by atoms with Gasteiger partial charge in [0.15, 0.2) is 0 Å². The number of nitrogens with zero attached hydrogens (tertiary/aromatic N) is 7. The minimum absolute atomic E-state index is 0.00577. The van der Waals surface area contributed by atoms with E-state index >= 15 is 0 Å². The Morgan fingerprint density at radius 2 is 2.19 bits per heavy atom. The molecule has 0 atom stereocenters. The van der Waals surface area contributed by atoms with E-state index in [4.69, 9.17) is 0 Å². The van der Waals surface area contributed by atoms with Crippen LogP contribution in [0.4, 0.5) is 23.0 Å². The molecule has 0 unspecified atom stereocenters. The van der Waals surface area contributed by atoms with E-state index in [9.17, 15) is 10.1 Å². The zero-order valence-corrected chi connectivity index (χ0v) is 12.0. The van der Waals surface area contributed by atoms with Gasteiger partial charge >= 0.3 is 0 Å². The summed E-state index contributed by atoms with van der Waals surface area (Å²) >= 11 is 0. The van der Waals surface area contributed by atoms with Crippen LogP contribution in [0.1, 0.15) is 6.92 Å². The van der Waals surface area contributed by atoms with E-state index in [1.807, 2.05) is 6.92 Å². The molecular weight excluding hydrogens is 274 g/mol. The fraction of sp³-hybridized carbons (Fsp3) is 0.333. The van der Waals surface area contributed by atoms with Crippen molar-refractivity contribution in [3.63, 3.8) is 0 Å². The first-order valence-corrected chi connectivity index (χ1v) is 6.28. The van der Waals surface area contributed by atoms with E-state index in [0.717, 1.165) is 0 Å². The first kappa shape index (κ1) is 14.6. The molecule has 2 rings (SSSR count). The van der Waals surface area contributed by atoms with Crippen LogP contribution in [0.3, 0.4) is 0 Å². The van der Waals surface area contributed by atoms with Crippen molar-refractivity contribution in [3.8, 4) is 0 Å². The number of hydrogen-bond donors (Lipinski definition) is 0. The average Bonchev–Trinajstić information content (AvgIpc) is 2.89. The molecule has 21 heavy (non-hydrogen) atoms. The fourth-order valence-corrected chi connectivity index (χ4v) is 1.68. The predicted molar refractivity (Wildman–Crippen MR) is 77.2 cm³/mol. The first-order chi connectivity index (χ1) is 10.0. The van der Waals surface area contributed by atoms with Crippen molar-refractivity contribution < 1.29 is 4.92 Å². The Kier molecular flexibility index (Phi) is 4.21. The van der Waals surface area contributed by atoms with Crippen molar-refractivity contribution in [2.24, 2.45) is 17.3 Å². The number of rotatable bonds is 5. The lowest BCUT2D eigenvalue weighted by molar-refractivity contribution is -0.384. The zero-order chi connectivity index (χ0) is 15.4. The summed E-state index contributed by atoms with van der Waals surface area (Å²) in [7, 11) is 3.53. The van der Waals surface area contributed by atoms with Gasteiger partial charge in [0.2, 0.25) is 0 Å². The molecule has 1 aromatic heterocycles. The lowest BCUT2D eigenvalue weighted by atomic mass is 10.2. The van der Waals surface area contributed by atoms with Gasteiger partial charge in [-0.15, -0.1) is 20.4 Å². The molecule has 0 aliphatic carbocycles. The number of azo groups is 1. The summed E-state index contributed by atoms with van der Waals surface area (Å²) in [5.74, 6) is 0.326. The molecule has 9 nitrogen and oxygen atoms in total. The quantitative estimate of drug-likeness (QED) is 0.478. The molecule has 0 saturated heterocycles. The second-order valence-corrected chi connectivity index (χ2v) is 4.39. The van der Waals surface area contributed by atoms with E-state index in [0.29, 0.717) is 23.9 Å². The molecule has 0 bridgehead atoms. The van der Waals surface area contributed by atoms with E-state index < -0.39 is 4.92 Å². The van der Waals surface area contributed by atoms with Crippen molar-refractivity contribution in [2.45, 2.75) is 6.92 Å². The topological polar surface area (TPSA) is 102 Å². The van der Waals surface area contributed by atoms with Gasteiger partial charge in [0.05, 0.1) is 10.6 Å². The number of anilines is 1. The maximum atomic E-state index is 11.2. The minimum atomic E-state index is -0.428. The number of nitro benzene ring substituents is 1. The Morgan fingerprint density at radius 1 is 1.43 bits per heavy atom. The van der Waals surface area contributed by atoms with Crippen LogP contribution in [0.15, 0.2) is 34.8 Å². The fourth-order valence-electron chi connectivity index (χ4n) is 1.68.